The predicted molar refractivity (Wildman–Crippen MR) is 130 cm³/mol. The van der Waals surface area contributed by atoms with Gasteiger partial charge in [-0.25, -0.2) is 23.1 Å². The van der Waals surface area contributed by atoms with Crippen LogP contribution in [0.5, 0.6) is 0 Å². The van der Waals surface area contributed by atoms with Crippen molar-refractivity contribution in [1.29, 1.82) is 0 Å². The van der Waals surface area contributed by atoms with Crippen LogP contribution in [0.2, 0.25) is 0 Å². The van der Waals surface area contributed by atoms with Crippen molar-refractivity contribution < 1.29 is 18.0 Å². The number of rotatable bonds is 7. The molecule has 0 saturated carbocycles. The summed E-state index contributed by atoms with van der Waals surface area (Å²) in [5.41, 5.74) is 11.5. The van der Waals surface area contributed by atoms with Crippen molar-refractivity contribution >= 4 is 11.7 Å². The summed E-state index contributed by atoms with van der Waals surface area (Å²) in [4.78, 5) is 20.3. The zero-order chi connectivity index (χ0) is 25.3. The number of nitrogens with two attached hydrogens (primary N) is 1. The average molecular weight is 497 g/mol. The van der Waals surface area contributed by atoms with E-state index in [9.17, 15) is 13.2 Å². The van der Waals surface area contributed by atoms with E-state index in [1.807, 2.05) is 19.1 Å². The van der Waals surface area contributed by atoms with Gasteiger partial charge in [-0.15, -0.1) is 0 Å². The first-order valence-corrected chi connectivity index (χ1v) is 11.9. The number of aromatic nitrogens is 3. The van der Waals surface area contributed by atoms with Crippen LogP contribution in [0.1, 0.15) is 41.3 Å². The van der Waals surface area contributed by atoms with Crippen molar-refractivity contribution in [2.24, 2.45) is 5.16 Å². The molecule has 1 aliphatic carbocycles. The third-order valence-electron chi connectivity index (χ3n) is 6.57. The summed E-state index contributed by atoms with van der Waals surface area (Å²) in [5, 5.41) is 4.42. The van der Waals surface area contributed by atoms with E-state index in [-0.39, 0.29) is 30.8 Å². The van der Waals surface area contributed by atoms with Gasteiger partial charge in [0.25, 0.3) is 5.92 Å². The van der Waals surface area contributed by atoms with E-state index in [1.54, 1.807) is 23.4 Å². The first-order valence-electron chi connectivity index (χ1n) is 11.9. The second-order valence-electron chi connectivity index (χ2n) is 9.36. The Labute approximate surface area is 207 Å². The van der Waals surface area contributed by atoms with Gasteiger partial charge in [0.15, 0.2) is 0 Å². The molecule has 3 aromatic rings. The zero-order valence-electron chi connectivity index (χ0n) is 19.9. The minimum Gasteiger partial charge on any atom is -0.396 e. The van der Waals surface area contributed by atoms with Gasteiger partial charge in [0, 0.05) is 36.5 Å². The summed E-state index contributed by atoms with van der Waals surface area (Å²) in [5.74, 6) is -2.76. The van der Waals surface area contributed by atoms with Gasteiger partial charge in [-0.05, 0) is 55.0 Å². The highest BCUT2D eigenvalue weighted by Crippen LogP contribution is 2.38. The molecule has 1 fully saturated rings. The maximum atomic E-state index is 14.2. The number of nitrogen functional groups attached to an aromatic ring is 1. The third kappa shape index (κ3) is 5.18. The number of benzene rings is 1. The topological polar surface area (TPSA) is 89.5 Å². The number of alkyl halides is 2. The Bertz CT molecular complexity index is 1280. The predicted octanol–water partition coefficient (Wildman–Crippen LogP) is 4.36. The van der Waals surface area contributed by atoms with Gasteiger partial charge in [-0.2, -0.15) is 0 Å². The van der Waals surface area contributed by atoms with Gasteiger partial charge in [-0.3, -0.25) is 9.88 Å². The quantitative estimate of drug-likeness (QED) is 0.386. The number of likely N-dealkylation sites (tertiary alicyclic amines) is 1. The summed E-state index contributed by atoms with van der Waals surface area (Å²) in [6.07, 6.45) is 5.11. The smallest absolute Gasteiger partial charge is 0.272 e. The van der Waals surface area contributed by atoms with E-state index in [1.165, 1.54) is 12.1 Å². The molecule has 188 valence electrons. The normalized spacial score (nSPS) is 20.1. The van der Waals surface area contributed by atoms with E-state index in [2.05, 4.69) is 20.1 Å². The number of hydrogen-bond donors (Lipinski definition) is 1. The Hall–Kier alpha value is -3.53. The first kappa shape index (κ1) is 24.2. The van der Waals surface area contributed by atoms with Gasteiger partial charge in [0.2, 0.25) is 5.95 Å². The molecule has 1 saturated heterocycles. The molecule has 3 heterocycles. The van der Waals surface area contributed by atoms with Crippen LogP contribution in [0, 0.1) is 12.7 Å². The fourth-order valence-corrected chi connectivity index (χ4v) is 5.02. The fraction of sp³-hybridized carbons (Fsp3) is 0.385. The van der Waals surface area contributed by atoms with Crippen molar-refractivity contribution in [3.8, 4) is 11.1 Å². The van der Waals surface area contributed by atoms with E-state index in [0.717, 1.165) is 27.9 Å². The molecule has 0 bridgehead atoms. The number of aryl methyl sites for hydroxylation is 1. The number of fused-ring (bicyclic) bond motifs is 1. The Balaban J connectivity index is 1.39. The van der Waals surface area contributed by atoms with E-state index >= 15 is 0 Å². The highest BCUT2D eigenvalue weighted by Gasteiger charge is 2.43. The largest absolute Gasteiger partial charge is 0.396 e. The molecule has 5 rings (SSSR count). The average Bonchev–Trinajstić information content (AvgIpc) is 2.82. The number of anilines is 1. The lowest BCUT2D eigenvalue weighted by molar-refractivity contribution is -0.131. The molecule has 2 aliphatic rings. The summed E-state index contributed by atoms with van der Waals surface area (Å²) < 4.78 is 40.3. The van der Waals surface area contributed by atoms with Crippen LogP contribution < -0.4 is 5.73 Å². The Kier molecular flexibility index (Phi) is 6.61. The van der Waals surface area contributed by atoms with Crippen molar-refractivity contribution in [3.63, 3.8) is 0 Å². The highest BCUT2D eigenvalue weighted by molar-refractivity contribution is 6.03. The minimum absolute atomic E-state index is 0.0484. The first-order chi connectivity index (χ1) is 17.3. The maximum Gasteiger partial charge on any atom is 0.272 e. The third-order valence-corrected chi connectivity index (χ3v) is 6.57. The molecule has 0 amide bonds. The molecule has 1 aromatic carbocycles. The van der Waals surface area contributed by atoms with Crippen LogP contribution in [0.25, 0.3) is 11.1 Å². The van der Waals surface area contributed by atoms with Crippen LogP contribution in [0.3, 0.4) is 0 Å². The highest BCUT2D eigenvalue weighted by atomic mass is 19.3. The molecule has 0 spiro atoms. The van der Waals surface area contributed by atoms with Crippen LogP contribution in [-0.2, 0) is 11.3 Å². The SMILES string of the molecule is Cc1nc(N)nc2c1C(=NOCCCN1CC(F)(F)C1)CC(c1ccc(F)cc1-c1cccnc1)C2. The molecule has 2 aromatic heterocycles. The van der Waals surface area contributed by atoms with Crippen LogP contribution >= 0.6 is 0 Å². The van der Waals surface area contributed by atoms with E-state index in [0.29, 0.717) is 43.8 Å². The van der Waals surface area contributed by atoms with Gasteiger partial charge < -0.3 is 10.6 Å². The number of pyridine rings is 1. The summed E-state index contributed by atoms with van der Waals surface area (Å²) in [6.45, 7) is 2.28. The minimum atomic E-state index is -2.57. The second kappa shape index (κ2) is 9.85. The van der Waals surface area contributed by atoms with Gasteiger partial charge >= 0.3 is 0 Å². The number of nitrogens with zero attached hydrogens (tertiary/aromatic N) is 5. The lowest BCUT2D eigenvalue weighted by atomic mass is 9.78. The molecular formula is C26H27F3N6O. The van der Waals surface area contributed by atoms with Crippen molar-refractivity contribution in [2.75, 3.05) is 32.0 Å². The Morgan fingerprint density at radius 1 is 1.19 bits per heavy atom. The summed E-state index contributed by atoms with van der Waals surface area (Å²) in [7, 11) is 0. The monoisotopic (exact) mass is 496 g/mol. The lowest BCUT2D eigenvalue weighted by Gasteiger charge is -2.38. The zero-order valence-corrected chi connectivity index (χ0v) is 19.9. The number of halogens is 3. The summed E-state index contributed by atoms with van der Waals surface area (Å²) >= 11 is 0. The van der Waals surface area contributed by atoms with E-state index in [4.69, 9.17) is 10.6 Å². The molecule has 1 unspecified atom stereocenters. The van der Waals surface area contributed by atoms with E-state index < -0.39 is 5.92 Å². The Morgan fingerprint density at radius 2 is 2.03 bits per heavy atom. The molecule has 10 heteroatoms. The summed E-state index contributed by atoms with van der Waals surface area (Å²) in [6, 6.07) is 8.50. The molecule has 7 nitrogen and oxygen atoms in total. The van der Waals surface area contributed by atoms with Gasteiger partial charge in [-0.1, -0.05) is 17.3 Å². The van der Waals surface area contributed by atoms with Crippen molar-refractivity contribution in [2.45, 2.75) is 38.0 Å². The lowest BCUT2D eigenvalue weighted by Crippen LogP contribution is -2.56. The van der Waals surface area contributed by atoms with Gasteiger partial charge in [0.1, 0.15) is 12.4 Å². The maximum absolute atomic E-state index is 14.2. The van der Waals surface area contributed by atoms with Crippen LogP contribution in [0.4, 0.5) is 19.1 Å². The molecule has 36 heavy (non-hydrogen) atoms. The Morgan fingerprint density at radius 3 is 2.78 bits per heavy atom. The fourth-order valence-electron chi connectivity index (χ4n) is 5.02. The van der Waals surface area contributed by atoms with Crippen molar-refractivity contribution in [1.82, 2.24) is 19.9 Å². The van der Waals surface area contributed by atoms with Crippen molar-refractivity contribution in [3.05, 3.63) is 71.1 Å². The van der Waals surface area contributed by atoms with Gasteiger partial charge in [0.05, 0.1) is 30.2 Å². The molecule has 0 radical (unpaired) electrons. The number of hydrogen-bond acceptors (Lipinski definition) is 7. The van der Waals surface area contributed by atoms with Crippen LogP contribution in [0.15, 0.2) is 47.9 Å². The second-order valence-corrected chi connectivity index (χ2v) is 9.36. The molecule has 1 aliphatic heterocycles. The standard InChI is InChI=1S/C26H27F3N6O/c1-16-24-22(33-25(30)32-16)10-18(11-23(24)34-36-9-3-8-35-14-26(28,29)15-35)20-6-5-19(27)12-21(20)17-4-2-7-31-13-17/h2,4-7,12-13,18H,3,8-11,14-15H2,1H3,(H2,30,32,33). The van der Waals surface area contributed by atoms with Crippen LogP contribution in [-0.4, -0.2) is 57.7 Å². The molecule has 1 atom stereocenters. The molecule has 2 N–H and O–H groups in total. The molecular weight excluding hydrogens is 469 g/mol. The number of oxime groups is 1.